The first-order valence-corrected chi connectivity index (χ1v) is 8.27. The van der Waals surface area contributed by atoms with Crippen molar-refractivity contribution < 1.29 is 14.3 Å². The molecule has 0 radical (unpaired) electrons. The van der Waals surface area contributed by atoms with Crippen LogP contribution in [0.2, 0.25) is 0 Å². The van der Waals surface area contributed by atoms with E-state index in [1.54, 1.807) is 12.1 Å². The summed E-state index contributed by atoms with van der Waals surface area (Å²) in [5, 5.41) is 8.61. The fourth-order valence-corrected chi connectivity index (χ4v) is 3.94. The molecule has 1 heterocycles. The number of methoxy groups -OCH3 is 1. The van der Waals surface area contributed by atoms with Gasteiger partial charge in [-0.3, -0.25) is 4.79 Å². The summed E-state index contributed by atoms with van der Waals surface area (Å²) < 4.78 is 4.91. The average molecular weight is 334 g/mol. The van der Waals surface area contributed by atoms with E-state index < -0.39 is 11.5 Å². The highest BCUT2D eigenvalue weighted by molar-refractivity contribution is 6.09. The van der Waals surface area contributed by atoms with Gasteiger partial charge >= 0.3 is 5.97 Å². The number of benzene rings is 2. The number of rotatable bonds is 2. The van der Waals surface area contributed by atoms with Gasteiger partial charge in [0.25, 0.3) is 0 Å². The summed E-state index contributed by atoms with van der Waals surface area (Å²) in [7, 11) is 1.36. The number of hydrogen-bond donors (Lipinski definition) is 0. The standard InChI is InChI=1S/C20H18N2O3/c1-12-7-8-13-10-20(18(23)16(13)9-12)17(11-21-22-20)14-5-3-4-6-15(14)19(24)25-2/h3-9,17H,10-11H2,1-2H3/t17-,20+/m1/s1. The van der Waals surface area contributed by atoms with Crippen molar-refractivity contribution in [2.24, 2.45) is 10.2 Å². The van der Waals surface area contributed by atoms with Crippen molar-refractivity contribution in [1.82, 2.24) is 0 Å². The molecule has 5 nitrogen and oxygen atoms in total. The lowest BCUT2D eigenvalue weighted by Crippen LogP contribution is -2.39. The SMILES string of the molecule is COC(=O)c1ccccc1[C@H]1CN=N[C@@]12Cc1ccc(C)cc1C2=O. The molecule has 0 unspecified atom stereocenters. The molecule has 126 valence electrons. The van der Waals surface area contributed by atoms with E-state index in [2.05, 4.69) is 10.2 Å². The van der Waals surface area contributed by atoms with Gasteiger partial charge in [0.05, 0.1) is 19.2 Å². The van der Waals surface area contributed by atoms with Crippen LogP contribution in [0.4, 0.5) is 0 Å². The zero-order valence-corrected chi connectivity index (χ0v) is 14.2. The summed E-state index contributed by atoms with van der Waals surface area (Å²) in [5.41, 5.74) is 3.07. The first-order valence-electron chi connectivity index (χ1n) is 8.27. The van der Waals surface area contributed by atoms with Crippen LogP contribution < -0.4 is 0 Å². The van der Waals surface area contributed by atoms with Crippen molar-refractivity contribution in [2.75, 3.05) is 13.7 Å². The number of aryl methyl sites for hydroxylation is 1. The number of azo groups is 1. The van der Waals surface area contributed by atoms with Crippen molar-refractivity contribution in [2.45, 2.75) is 24.8 Å². The lowest BCUT2D eigenvalue weighted by Gasteiger charge is -2.26. The Hall–Kier alpha value is -2.82. The van der Waals surface area contributed by atoms with E-state index in [9.17, 15) is 9.59 Å². The van der Waals surface area contributed by atoms with Crippen LogP contribution in [0.25, 0.3) is 0 Å². The Balaban J connectivity index is 1.82. The van der Waals surface area contributed by atoms with Gasteiger partial charge in [-0.05, 0) is 30.2 Å². The van der Waals surface area contributed by atoms with Gasteiger partial charge in [-0.2, -0.15) is 10.2 Å². The number of esters is 1. The van der Waals surface area contributed by atoms with Gasteiger partial charge in [0.1, 0.15) is 0 Å². The van der Waals surface area contributed by atoms with Crippen LogP contribution in [0.15, 0.2) is 52.7 Å². The highest BCUT2D eigenvalue weighted by Gasteiger charge is 2.55. The predicted molar refractivity (Wildman–Crippen MR) is 92.2 cm³/mol. The van der Waals surface area contributed by atoms with Gasteiger partial charge in [0, 0.05) is 17.9 Å². The van der Waals surface area contributed by atoms with E-state index in [1.807, 2.05) is 37.3 Å². The number of Topliss-reactive ketones (excluding diaryl/α,β-unsaturated/α-hetero) is 1. The Morgan fingerprint density at radius 2 is 2.04 bits per heavy atom. The smallest absolute Gasteiger partial charge is 0.338 e. The summed E-state index contributed by atoms with van der Waals surface area (Å²) in [6, 6.07) is 13.2. The van der Waals surface area contributed by atoms with Crippen LogP contribution in [0.3, 0.4) is 0 Å². The van der Waals surface area contributed by atoms with Crippen molar-refractivity contribution in [3.05, 3.63) is 70.3 Å². The van der Waals surface area contributed by atoms with Crippen LogP contribution >= 0.6 is 0 Å². The van der Waals surface area contributed by atoms with Gasteiger partial charge in [0.15, 0.2) is 11.3 Å². The van der Waals surface area contributed by atoms with Gasteiger partial charge in [-0.25, -0.2) is 4.79 Å². The van der Waals surface area contributed by atoms with Crippen LogP contribution in [-0.4, -0.2) is 30.9 Å². The molecule has 4 rings (SSSR count). The number of nitrogens with zero attached hydrogens (tertiary/aromatic N) is 2. The molecule has 0 saturated carbocycles. The Morgan fingerprint density at radius 3 is 2.84 bits per heavy atom. The summed E-state index contributed by atoms with van der Waals surface area (Å²) >= 11 is 0. The zero-order chi connectivity index (χ0) is 17.6. The molecule has 1 spiro atoms. The molecule has 1 aliphatic carbocycles. The Bertz CT molecular complexity index is 919. The Morgan fingerprint density at radius 1 is 1.24 bits per heavy atom. The second kappa shape index (κ2) is 5.62. The highest BCUT2D eigenvalue weighted by Crippen LogP contribution is 2.47. The number of fused-ring (bicyclic) bond motifs is 1. The normalized spacial score (nSPS) is 23.9. The fourth-order valence-electron chi connectivity index (χ4n) is 3.94. The van der Waals surface area contributed by atoms with Crippen molar-refractivity contribution in [1.29, 1.82) is 0 Å². The first kappa shape index (κ1) is 15.7. The lowest BCUT2D eigenvalue weighted by atomic mass is 9.76. The molecule has 2 aliphatic rings. The monoisotopic (exact) mass is 334 g/mol. The molecule has 5 heteroatoms. The highest BCUT2D eigenvalue weighted by atomic mass is 16.5. The van der Waals surface area contributed by atoms with E-state index in [0.29, 0.717) is 18.5 Å². The molecular weight excluding hydrogens is 316 g/mol. The average Bonchev–Trinajstić information content (AvgIpc) is 3.17. The van der Waals surface area contributed by atoms with E-state index in [1.165, 1.54) is 7.11 Å². The number of carbonyl (C=O) groups excluding carboxylic acids is 2. The maximum atomic E-state index is 13.2. The number of ketones is 1. The van der Waals surface area contributed by atoms with E-state index in [4.69, 9.17) is 4.74 Å². The van der Waals surface area contributed by atoms with Crippen LogP contribution in [0, 0.1) is 6.92 Å². The van der Waals surface area contributed by atoms with Crippen LogP contribution in [0.1, 0.15) is 43.3 Å². The molecule has 1 aliphatic heterocycles. The molecule has 0 saturated heterocycles. The Labute approximate surface area is 145 Å². The molecule has 2 atom stereocenters. The number of carbonyl (C=O) groups is 2. The quantitative estimate of drug-likeness (QED) is 0.789. The lowest BCUT2D eigenvalue weighted by molar-refractivity contribution is 0.0597. The first-order chi connectivity index (χ1) is 12.1. The Kier molecular flexibility index (Phi) is 3.53. The van der Waals surface area contributed by atoms with Crippen molar-refractivity contribution in [3.8, 4) is 0 Å². The van der Waals surface area contributed by atoms with E-state index >= 15 is 0 Å². The fraction of sp³-hybridized carbons (Fsp3) is 0.300. The van der Waals surface area contributed by atoms with Crippen LogP contribution in [0.5, 0.6) is 0 Å². The topological polar surface area (TPSA) is 68.1 Å². The van der Waals surface area contributed by atoms with Gasteiger partial charge in [-0.1, -0.05) is 35.9 Å². The van der Waals surface area contributed by atoms with Crippen LogP contribution in [-0.2, 0) is 11.2 Å². The second-order valence-electron chi connectivity index (χ2n) is 6.65. The molecular formula is C20H18N2O3. The van der Waals surface area contributed by atoms with Gasteiger partial charge in [-0.15, -0.1) is 0 Å². The minimum absolute atomic E-state index is 0.00267. The van der Waals surface area contributed by atoms with Crippen molar-refractivity contribution >= 4 is 11.8 Å². The minimum atomic E-state index is -0.944. The third-order valence-corrected chi connectivity index (χ3v) is 5.19. The summed E-state index contributed by atoms with van der Waals surface area (Å²) in [6.07, 6.45) is 0.519. The van der Waals surface area contributed by atoms with E-state index in [-0.39, 0.29) is 11.7 Å². The molecule has 0 fully saturated rings. The molecule has 0 bridgehead atoms. The largest absolute Gasteiger partial charge is 0.465 e. The maximum absolute atomic E-state index is 13.2. The van der Waals surface area contributed by atoms with E-state index in [0.717, 1.165) is 22.3 Å². The molecule has 0 aromatic heterocycles. The minimum Gasteiger partial charge on any atom is -0.465 e. The molecule has 2 aromatic carbocycles. The summed E-state index contributed by atoms with van der Waals surface area (Å²) in [5.74, 6) is -0.670. The third-order valence-electron chi connectivity index (χ3n) is 5.19. The zero-order valence-electron chi connectivity index (χ0n) is 14.2. The van der Waals surface area contributed by atoms with Crippen molar-refractivity contribution in [3.63, 3.8) is 0 Å². The van der Waals surface area contributed by atoms with Gasteiger partial charge < -0.3 is 4.74 Å². The summed E-state index contributed by atoms with van der Waals surface area (Å²) in [4.78, 5) is 25.4. The van der Waals surface area contributed by atoms with Gasteiger partial charge in [0.2, 0.25) is 0 Å². The molecule has 2 aromatic rings. The predicted octanol–water partition coefficient (Wildman–Crippen LogP) is 3.51. The number of hydrogen-bond acceptors (Lipinski definition) is 5. The third kappa shape index (κ3) is 2.22. The second-order valence-corrected chi connectivity index (χ2v) is 6.65. The molecule has 25 heavy (non-hydrogen) atoms. The maximum Gasteiger partial charge on any atom is 0.338 e. The molecule has 0 amide bonds. The summed E-state index contributed by atoms with van der Waals surface area (Å²) in [6.45, 7) is 2.37. The molecule has 0 N–H and O–H groups in total. The number of ether oxygens (including phenoxy) is 1.